The number of pyridine rings is 1. The molecule has 0 aliphatic rings. The summed E-state index contributed by atoms with van der Waals surface area (Å²) in [7, 11) is -3.81. The lowest BCUT2D eigenvalue weighted by molar-refractivity contribution is 0.0696. The molecule has 0 aliphatic carbocycles. The molecule has 2 rings (SSSR count). The SMILES string of the molecule is Cc1cc(Cl)ccc1S(=O)(=O)Nc1ccc(C(=O)O)cn1. The van der Waals surface area contributed by atoms with Crippen LogP contribution in [0.25, 0.3) is 0 Å². The number of carbonyl (C=O) groups is 1. The van der Waals surface area contributed by atoms with Crippen LogP contribution in [-0.2, 0) is 10.0 Å². The third-order valence-corrected chi connectivity index (χ3v) is 4.43. The maximum absolute atomic E-state index is 12.2. The fourth-order valence-electron chi connectivity index (χ4n) is 1.69. The van der Waals surface area contributed by atoms with Gasteiger partial charge in [-0.3, -0.25) is 4.72 Å². The Hall–Kier alpha value is -2.12. The third kappa shape index (κ3) is 3.50. The molecule has 0 saturated carbocycles. The van der Waals surface area contributed by atoms with Gasteiger partial charge in [0.1, 0.15) is 5.82 Å². The van der Waals surface area contributed by atoms with E-state index < -0.39 is 16.0 Å². The Bertz CT molecular complexity index is 788. The van der Waals surface area contributed by atoms with Gasteiger partial charge in [-0.2, -0.15) is 0 Å². The lowest BCUT2D eigenvalue weighted by Crippen LogP contribution is -2.15. The number of sulfonamides is 1. The molecule has 8 heteroatoms. The van der Waals surface area contributed by atoms with Gasteiger partial charge in [0.25, 0.3) is 10.0 Å². The van der Waals surface area contributed by atoms with Gasteiger partial charge < -0.3 is 5.11 Å². The number of halogens is 1. The first-order chi connectivity index (χ1) is 9.79. The summed E-state index contributed by atoms with van der Waals surface area (Å²) in [5.41, 5.74) is 0.470. The second-order valence-corrected chi connectivity index (χ2v) is 6.34. The number of hydrogen-bond donors (Lipinski definition) is 2. The topological polar surface area (TPSA) is 96.4 Å². The molecule has 0 aliphatic heterocycles. The Morgan fingerprint density at radius 1 is 1.29 bits per heavy atom. The lowest BCUT2D eigenvalue weighted by Gasteiger charge is -2.10. The van der Waals surface area contributed by atoms with Crippen LogP contribution in [0.4, 0.5) is 5.82 Å². The Labute approximate surface area is 126 Å². The van der Waals surface area contributed by atoms with E-state index in [2.05, 4.69) is 9.71 Å². The molecule has 2 aromatic rings. The van der Waals surface area contributed by atoms with E-state index in [9.17, 15) is 13.2 Å². The quantitative estimate of drug-likeness (QED) is 0.900. The van der Waals surface area contributed by atoms with Gasteiger partial charge in [-0.05, 0) is 42.8 Å². The van der Waals surface area contributed by atoms with E-state index in [1.807, 2.05) is 0 Å². The second kappa shape index (κ2) is 5.71. The van der Waals surface area contributed by atoms with Gasteiger partial charge in [0.2, 0.25) is 0 Å². The van der Waals surface area contributed by atoms with Gasteiger partial charge in [-0.15, -0.1) is 0 Å². The molecule has 0 bridgehead atoms. The van der Waals surface area contributed by atoms with Crippen LogP contribution in [0.15, 0.2) is 41.4 Å². The predicted octanol–water partition coefficient (Wildman–Crippen LogP) is 2.54. The molecule has 0 amide bonds. The lowest BCUT2D eigenvalue weighted by atomic mass is 10.2. The van der Waals surface area contributed by atoms with Crippen LogP contribution in [0, 0.1) is 6.92 Å². The van der Waals surface area contributed by atoms with Gasteiger partial charge in [-0.1, -0.05) is 11.6 Å². The Balaban J connectivity index is 2.30. The van der Waals surface area contributed by atoms with Crippen molar-refractivity contribution in [3.8, 4) is 0 Å². The largest absolute Gasteiger partial charge is 0.478 e. The molecule has 1 heterocycles. The van der Waals surface area contributed by atoms with Gasteiger partial charge in [0, 0.05) is 11.2 Å². The minimum atomic E-state index is -3.81. The number of benzene rings is 1. The number of aromatic carboxylic acids is 1. The van der Waals surface area contributed by atoms with Crippen molar-refractivity contribution < 1.29 is 18.3 Å². The normalized spacial score (nSPS) is 11.1. The number of carboxylic acids is 1. The van der Waals surface area contributed by atoms with Crippen LogP contribution in [-0.4, -0.2) is 24.5 Å². The highest BCUT2D eigenvalue weighted by atomic mass is 35.5. The maximum atomic E-state index is 12.2. The number of nitrogens with one attached hydrogen (secondary N) is 1. The smallest absolute Gasteiger partial charge is 0.337 e. The summed E-state index contributed by atoms with van der Waals surface area (Å²) in [6, 6.07) is 6.96. The summed E-state index contributed by atoms with van der Waals surface area (Å²) < 4.78 is 26.8. The van der Waals surface area contributed by atoms with Crippen molar-refractivity contribution in [2.45, 2.75) is 11.8 Å². The number of nitrogens with zero attached hydrogens (tertiary/aromatic N) is 1. The molecule has 6 nitrogen and oxygen atoms in total. The van der Waals surface area contributed by atoms with Gasteiger partial charge in [0.05, 0.1) is 10.5 Å². The van der Waals surface area contributed by atoms with Crippen LogP contribution in [0.1, 0.15) is 15.9 Å². The fourth-order valence-corrected chi connectivity index (χ4v) is 3.15. The van der Waals surface area contributed by atoms with Crippen molar-refractivity contribution in [2.24, 2.45) is 0 Å². The number of aromatic nitrogens is 1. The van der Waals surface area contributed by atoms with E-state index in [-0.39, 0.29) is 16.3 Å². The number of aryl methyl sites for hydroxylation is 1. The summed E-state index contributed by atoms with van der Waals surface area (Å²) in [4.78, 5) is 14.5. The molecule has 1 aromatic carbocycles. The highest BCUT2D eigenvalue weighted by Gasteiger charge is 2.17. The standard InChI is InChI=1S/C13H11ClN2O4S/c1-8-6-10(14)3-4-11(8)21(19,20)16-12-5-2-9(7-15-12)13(17)18/h2-7H,1H3,(H,15,16)(H,17,18). The minimum absolute atomic E-state index is 0.0272. The van der Waals surface area contributed by atoms with E-state index in [4.69, 9.17) is 16.7 Å². The second-order valence-electron chi connectivity index (χ2n) is 4.25. The first-order valence-corrected chi connectivity index (χ1v) is 7.64. The molecule has 0 unspecified atom stereocenters. The molecule has 1 aromatic heterocycles. The summed E-state index contributed by atoms with van der Waals surface area (Å²) in [6.07, 6.45) is 1.08. The van der Waals surface area contributed by atoms with E-state index in [1.54, 1.807) is 6.92 Å². The zero-order valence-electron chi connectivity index (χ0n) is 10.9. The van der Waals surface area contributed by atoms with Crippen LogP contribution in [0.3, 0.4) is 0 Å². The molecule has 0 spiro atoms. The summed E-state index contributed by atoms with van der Waals surface area (Å²) >= 11 is 5.79. The highest BCUT2D eigenvalue weighted by molar-refractivity contribution is 7.92. The van der Waals surface area contributed by atoms with Gasteiger partial charge in [-0.25, -0.2) is 18.2 Å². The zero-order valence-corrected chi connectivity index (χ0v) is 12.4. The molecule has 0 atom stereocenters. The molecule has 21 heavy (non-hydrogen) atoms. The van der Waals surface area contributed by atoms with E-state index in [0.29, 0.717) is 10.6 Å². The van der Waals surface area contributed by atoms with E-state index in [1.165, 1.54) is 30.3 Å². The number of anilines is 1. The predicted molar refractivity (Wildman–Crippen MR) is 78.2 cm³/mol. The van der Waals surface area contributed by atoms with E-state index >= 15 is 0 Å². The number of rotatable bonds is 4. The van der Waals surface area contributed by atoms with Crippen LogP contribution in [0.2, 0.25) is 5.02 Å². The van der Waals surface area contributed by atoms with Gasteiger partial charge >= 0.3 is 5.97 Å². The summed E-state index contributed by atoms with van der Waals surface area (Å²) in [6.45, 7) is 1.63. The van der Waals surface area contributed by atoms with Crippen LogP contribution in [0.5, 0.6) is 0 Å². The monoisotopic (exact) mass is 326 g/mol. The third-order valence-electron chi connectivity index (χ3n) is 2.68. The summed E-state index contributed by atoms with van der Waals surface area (Å²) in [5, 5.41) is 9.20. The first kappa shape index (κ1) is 15.3. The van der Waals surface area contributed by atoms with Crippen molar-refractivity contribution >= 4 is 33.4 Å². The first-order valence-electron chi connectivity index (χ1n) is 5.78. The molecular formula is C13H11ClN2O4S. The Morgan fingerprint density at radius 2 is 2.00 bits per heavy atom. The molecule has 0 radical (unpaired) electrons. The average molecular weight is 327 g/mol. The molecule has 2 N–H and O–H groups in total. The molecular weight excluding hydrogens is 316 g/mol. The van der Waals surface area contributed by atoms with Crippen molar-refractivity contribution in [2.75, 3.05) is 4.72 Å². The van der Waals surface area contributed by atoms with Crippen molar-refractivity contribution in [3.63, 3.8) is 0 Å². The van der Waals surface area contributed by atoms with Crippen LogP contribution < -0.4 is 4.72 Å². The maximum Gasteiger partial charge on any atom is 0.337 e. The molecule has 0 fully saturated rings. The number of hydrogen-bond acceptors (Lipinski definition) is 4. The van der Waals surface area contributed by atoms with Crippen molar-refractivity contribution in [1.29, 1.82) is 0 Å². The molecule has 0 saturated heterocycles. The minimum Gasteiger partial charge on any atom is -0.478 e. The fraction of sp³-hybridized carbons (Fsp3) is 0.0769. The van der Waals surface area contributed by atoms with E-state index in [0.717, 1.165) is 6.20 Å². The molecule has 110 valence electrons. The van der Waals surface area contributed by atoms with Gasteiger partial charge in [0.15, 0.2) is 0 Å². The summed E-state index contributed by atoms with van der Waals surface area (Å²) in [5.74, 6) is -1.10. The Morgan fingerprint density at radius 3 is 2.52 bits per heavy atom. The average Bonchev–Trinajstić information content (AvgIpc) is 2.38. The van der Waals surface area contributed by atoms with Crippen molar-refractivity contribution in [3.05, 3.63) is 52.7 Å². The highest BCUT2D eigenvalue weighted by Crippen LogP contribution is 2.21. The Kier molecular flexibility index (Phi) is 4.15. The van der Waals surface area contributed by atoms with Crippen molar-refractivity contribution in [1.82, 2.24) is 4.98 Å². The van der Waals surface area contributed by atoms with Crippen LogP contribution >= 0.6 is 11.6 Å². The zero-order chi connectivity index (χ0) is 15.6. The number of carboxylic acid groups (broad SMARTS) is 1.